The van der Waals surface area contributed by atoms with Crippen LogP contribution in [0.1, 0.15) is 32.1 Å². The Labute approximate surface area is 108 Å². The fraction of sp³-hybridized carbons (Fsp3) is 0.571. The van der Waals surface area contributed by atoms with Gasteiger partial charge in [0.1, 0.15) is 5.41 Å². The van der Waals surface area contributed by atoms with Crippen LogP contribution in [0.25, 0.3) is 0 Å². The van der Waals surface area contributed by atoms with Crippen LogP contribution in [-0.2, 0) is 11.3 Å². The molecule has 1 aliphatic rings. The highest BCUT2D eigenvalue weighted by Gasteiger charge is 2.39. The van der Waals surface area contributed by atoms with Crippen molar-refractivity contribution in [3.63, 3.8) is 0 Å². The molecule has 1 saturated carbocycles. The molecule has 0 aromatic carbocycles. The first-order valence-electron chi connectivity index (χ1n) is 6.57. The molecule has 0 aliphatic heterocycles. The summed E-state index contributed by atoms with van der Waals surface area (Å²) >= 11 is 0. The maximum atomic E-state index is 12.1. The summed E-state index contributed by atoms with van der Waals surface area (Å²) in [6, 6.07) is 6.16. The van der Waals surface area contributed by atoms with Gasteiger partial charge in [0.25, 0.3) is 0 Å². The first-order chi connectivity index (χ1) is 8.77. The first-order valence-corrected chi connectivity index (χ1v) is 6.57. The van der Waals surface area contributed by atoms with E-state index in [0.717, 1.165) is 25.8 Å². The number of nitrogens with zero attached hydrogens (tertiary/aromatic N) is 2. The summed E-state index contributed by atoms with van der Waals surface area (Å²) in [5.41, 5.74) is -0.769. The zero-order valence-electron chi connectivity index (χ0n) is 10.6. The molecule has 1 fully saturated rings. The Hall–Kier alpha value is -1.76. The van der Waals surface area contributed by atoms with Gasteiger partial charge in [-0.1, -0.05) is 19.3 Å². The minimum Gasteiger partial charge on any atom is -0.353 e. The molecule has 0 radical (unpaired) electrons. The molecule has 18 heavy (non-hydrogen) atoms. The molecule has 1 aromatic heterocycles. The molecule has 4 nitrogen and oxygen atoms in total. The summed E-state index contributed by atoms with van der Waals surface area (Å²) in [6.07, 6.45) is 8.45. The molecule has 2 rings (SSSR count). The monoisotopic (exact) mass is 245 g/mol. The molecule has 0 unspecified atom stereocenters. The number of nitriles is 1. The number of rotatable bonds is 4. The van der Waals surface area contributed by atoms with Crippen LogP contribution in [0.2, 0.25) is 0 Å². The summed E-state index contributed by atoms with van der Waals surface area (Å²) in [5, 5.41) is 12.2. The summed E-state index contributed by atoms with van der Waals surface area (Å²) in [5.74, 6) is -0.0862. The highest BCUT2D eigenvalue weighted by molar-refractivity contribution is 5.85. The normalized spacial score (nSPS) is 17.9. The minimum absolute atomic E-state index is 0.0862. The molecular weight excluding hydrogens is 226 g/mol. The zero-order valence-corrected chi connectivity index (χ0v) is 10.6. The average Bonchev–Trinajstić information content (AvgIpc) is 2.92. The number of carbonyl (C=O) groups is 1. The molecule has 1 amide bonds. The van der Waals surface area contributed by atoms with E-state index in [4.69, 9.17) is 0 Å². The fourth-order valence-corrected chi connectivity index (χ4v) is 2.53. The molecule has 1 aromatic rings. The third kappa shape index (κ3) is 2.73. The van der Waals surface area contributed by atoms with Crippen molar-refractivity contribution in [3.8, 4) is 6.07 Å². The minimum atomic E-state index is -0.769. The number of aromatic nitrogens is 1. The van der Waals surface area contributed by atoms with Gasteiger partial charge in [0.15, 0.2) is 0 Å². The number of amides is 1. The number of hydrogen-bond donors (Lipinski definition) is 1. The Morgan fingerprint density at radius 1 is 1.28 bits per heavy atom. The van der Waals surface area contributed by atoms with Gasteiger partial charge in [0.2, 0.25) is 5.91 Å². The van der Waals surface area contributed by atoms with Gasteiger partial charge in [-0.2, -0.15) is 5.26 Å². The number of hydrogen-bond acceptors (Lipinski definition) is 2. The van der Waals surface area contributed by atoms with Gasteiger partial charge in [-0.25, -0.2) is 0 Å². The lowest BCUT2D eigenvalue weighted by molar-refractivity contribution is -0.129. The molecular formula is C14H19N3O. The van der Waals surface area contributed by atoms with Crippen LogP contribution in [0, 0.1) is 16.7 Å². The number of nitrogens with one attached hydrogen (secondary N) is 1. The van der Waals surface area contributed by atoms with Crippen molar-refractivity contribution in [1.82, 2.24) is 9.88 Å². The Morgan fingerprint density at radius 2 is 1.94 bits per heavy atom. The fourth-order valence-electron chi connectivity index (χ4n) is 2.53. The maximum Gasteiger partial charge on any atom is 0.240 e. The Morgan fingerprint density at radius 3 is 2.56 bits per heavy atom. The Kier molecular flexibility index (Phi) is 4.03. The lowest BCUT2D eigenvalue weighted by atomic mass is 9.74. The first kappa shape index (κ1) is 12.7. The third-order valence-corrected chi connectivity index (χ3v) is 3.68. The predicted octanol–water partition coefficient (Wildman–Crippen LogP) is 2.08. The molecule has 0 bridgehead atoms. The summed E-state index contributed by atoms with van der Waals surface area (Å²) in [6.45, 7) is 1.33. The van der Waals surface area contributed by atoms with Crippen molar-refractivity contribution in [2.45, 2.75) is 38.6 Å². The zero-order chi connectivity index (χ0) is 12.8. The third-order valence-electron chi connectivity index (χ3n) is 3.68. The van der Waals surface area contributed by atoms with Crippen LogP contribution in [-0.4, -0.2) is 17.0 Å². The van der Waals surface area contributed by atoms with E-state index in [1.54, 1.807) is 0 Å². The van der Waals surface area contributed by atoms with Gasteiger partial charge >= 0.3 is 0 Å². The van der Waals surface area contributed by atoms with Crippen molar-refractivity contribution in [3.05, 3.63) is 24.5 Å². The van der Waals surface area contributed by atoms with Gasteiger partial charge in [-0.05, 0) is 25.0 Å². The SMILES string of the molecule is N#CC1(C(=O)NCCn2cccc2)CCCCC1. The van der Waals surface area contributed by atoms with Gasteiger partial charge in [0.05, 0.1) is 6.07 Å². The van der Waals surface area contributed by atoms with Crippen molar-refractivity contribution < 1.29 is 4.79 Å². The molecule has 0 atom stereocenters. The standard InChI is InChI=1S/C14H19N3O/c15-12-14(6-2-1-3-7-14)13(18)16-8-11-17-9-4-5-10-17/h4-5,9-10H,1-3,6-8,11H2,(H,16,18). The van der Waals surface area contributed by atoms with E-state index in [1.165, 1.54) is 0 Å². The molecule has 0 saturated heterocycles. The van der Waals surface area contributed by atoms with Crippen molar-refractivity contribution in [2.24, 2.45) is 5.41 Å². The quantitative estimate of drug-likeness (QED) is 0.883. The highest BCUT2D eigenvalue weighted by Crippen LogP contribution is 2.35. The largest absolute Gasteiger partial charge is 0.353 e. The van der Waals surface area contributed by atoms with Crippen LogP contribution in [0.4, 0.5) is 0 Å². The summed E-state index contributed by atoms with van der Waals surface area (Å²) < 4.78 is 2.01. The van der Waals surface area contributed by atoms with Gasteiger partial charge in [-0.3, -0.25) is 4.79 Å². The van der Waals surface area contributed by atoms with Crippen molar-refractivity contribution in [2.75, 3.05) is 6.54 Å². The second kappa shape index (κ2) is 5.72. The van der Waals surface area contributed by atoms with E-state index in [2.05, 4.69) is 11.4 Å². The van der Waals surface area contributed by atoms with Crippen molar-refractivity contribution in [1.29, 1.82) is 5.26 Å². The lowest BCUT2D eigenvalue weighted by Crippen LogP contribution is -2.42. The van der Waals surface area contributed by atoms with Crippen LogP contribution < -0.4 is 5.32 Å². The van der Waals surface area contributed by atoms with Crippen LogP contribution in [0.3, 0.4) is 0 Å². The second-order valence-electron chi connectivity index (χ2n) is 4.93. The van der Waals surface area contributed by atoms with Crippen molar-refractivity contribution >= 4 is 5.91 Å². The highest BCUT2D eigenvalue weighted by atomic mass is 16.2. The van der Waals surface area contributed by atoms with E-state index in [-0.39, 0.29) is 5.91 Å². The van der Waals surface area contributed by atoms with E-state index in [0.29, 0.717) is 19.4 Å². The van der Waals surface area contributed by atoms with Gasteiger partial charge in [0, 0.05) is 25.5 Å². The Balaban J connectivity index is 1.84. The van der Waals surface area contributed by atoms with E-state index < -0.39 is 5.41 Å². The molecule has 1 N–H and O–H groups in total. The maximum absolute atomic E-state index is 12.1. The molecule has 1 heterocycles. The summed E-state index contributed by atoms with van der Waals surface area (Å²) in [7, 11) is 0. The van der Waals surface area contributed by atoms with Gasteiger partial charge < -0.3 is 9.88 Å². The molecule has 0 spiro atoms. The molecule has 96 valence electrons. The smallest absolute Gasteiger partial charge is 0.240 e. The second-order valence-corrected chi connectivity index (χ2v) is 4.93. The Bertz CT molecular complexity index is 424. The van der Waals surface area contributed by atoms with Crippen LogP contribution in [0.15, 0.2) is 24.5 Å². The van der Waals surface area contributed by atoms with Crippen LogP contribution in [0.5, 0.6) is 0 Å². The molecule has 4 heteroatoms. The van der Waals surface area contributed by atoms with E-state index in [1.807, 2.05) is 29.1 Å². The number of carbonyl (C=O) groups excluding carboxylic acids is 1. The lowest BCUT2D eigenvalue weighted by Gasteiger charge is -2.29. The summed E-state index contributed by atoms with van der Waals surface area (Å²) in [4.78, 5) is 12.1. The van der Waals surface area contributed by atoms with E-state index in [9.17, 15) is 10.1 Å². The van der Waals surface area contributed by atoms with Crippen LogP contribution >= 0.6 is 0 Å². The van der Waals surface area contributed by atoms with E-state index >= 15 is 0 Å². The average molecular weight is 245 g/mol. The molecule has 1 aliphatic carbocycles. The predicted molar refractivity (Wildman–Crippen MR) is 68.6 cm³/mol. The topological polar surface area (TPSA) is 57.8 Å². The van der Waals surface area contributed by atoms with Gasteiger partial charge in [-0.15, -0.1) is 0 Å².